The smallest absolute Gasteiger partial charge is 0.331 e. The third-order valence-corrected chi connectivity index (χ3v) is 2.02. The molecule has 4 heteroatoms. The van der Waals surface area contributed by atoms with Crippen molar-refractivity contribution in [2.75, 3.05) is 13.1 Å². The monoisotopic (exact) mass is 177 g/mol. The average Bonchev–Trinajstić information content (AvgIpc) is 2.03. The molecule has 1 aliphatic heterocycles. The van der Waals surface area contributed by atoms with E-state index in [4.69, 9.17) is 0 Å². The maximum Gasteiger partial charge on any atom is 0.341 e. The van der Waals surface area contributed by atoms with E-state index < -0.39 is 11.8 Å². The summed E-state index contributed by atoms with van der Waals surface area (Å²) < 4.78 is 24.6. The molecule has 12 heavy (non-hydrogen) atoms. The molecule has 0 saturated carbocycles. The fraction of sp³-hybridized carbons (Fsp3) is 0.875. The zero-order chi connectivity index (χ0) is 9.19. The molecule has 1 rings (SSSR count). The van der Waals surface area contributed by atoms with Gasteiger partial charge in [0.15, 0.2) is 0 Å². The first-order valence-electron chi connectivity index (χ1n) is 4.25. The fourth-order valence-corrected chi connectivity index (χ4v) is 1.25. The van der Waals surface area contributed by atoms with Crippen LogP contribution in [-0.4, -0.2) is 29.8 Å². The Morgan fingerprint density at radius 1 is 1.50 bits per heavy atom. The van der Waals surface area contributed by atoms with Gasteiger partial charge >= 0.3 is 5.92 Å². The van der Waals surface area contributed by atoms with Gasteiger partial charge < -0.3 is 4.90 Å². The number of alkyl halides is 2. The lowest BCUT2D eigenvalue weighted by Crippen LogP contribution is -2.61. The number of unbranched alkanes of at least 4 members (excludes halogenated alkanes) is 2. The summed E-state index contributed by atoms with van der Waals surface area (Å²) in [5.41, 5.74) is 0. The van der Waals surface area contributed by atoms with Gasteiger partial charge in [0, 0.05) is 6.54 Å². The summed E-state index contributed by atoms with van der Waals surface area (Å²) in [5.74, 6) is -4.06. The van der Waals surface area contributed by atoms with Gasteiger partial charge in [0.05, 0.1) is 6.54 Å². The number of amides is 1. The molecular weight excluding hydrogens is 164 g/mol. The largest absolute Gasteiger partial charge is 0.341 e. The van der Waals surface area contributed by atoms with Gasteiger partial charge in [-0.05, 0) is 6.42 Å². The topological polar surface area (TPSA) is 20.3 Å². The Balaban J connectivity index is 2.18. The lowest BCUT2D eigenvalue weighted by Gasteiger charge is -2.37. The third-order valence-electron chi connectivity index (χ3n) is 2.02. The summed E-state index contributed by atoms with van der Waals surface area (Å²) in [6.45, 7) is 2.14. The van der Waals surface area contributed by atoms with Gasteiger partial charge in [0.2, 0.25) is 0 Å². The summed E-state index contributed by atoms with van der Waals surface area (Å²) in [6.07, 6.45) is 2.87. The van der Waals surface area contributed by atoms with Crippen molar-refractivity contribution < 1.29 is 13.6 Å². The predicted molar refractivity (Wildman–Crippen MR) is 41.1 cm³/mol. The second kappa shape index (κ2) is 3.37. The standard InChI is InChI=1S/C8H13F2NO/c1-2-3-4-5-11-6-8(9,10)7(11)12/h2-6H2,1H3. The molecule has 0 spiro atoms. The van der Waals surface area contributed by atoms with Crippen molar-refractivity contribution in [3.63, 3.8) is 0 Å². The van der Waals surface area contributed by atoms with E-state index in [1.807, 2.05) is 6.92 Å². The van der Waals surface area contributed by atoms with E-state index in [1.54, 1.807) is 0 Å². The number of likely N-dealkylation sites (tertiary alicyclic amines) is 1. The Kier molecular flexibility index (Phi) is 2.65. The van der Waals surface area contributed by atoms with Crippen LogP contribution in [0.2, 0.25) is 0 Å². The lowest BCUT2D eigenvalue weighted by atomic mass is 10.1. The van der Waals surface area contributed by atoms with Crippen LogP contribution in [0.4, 0.5) is 8.78 Å². The molecule has 0 unspecified atom stereocenters. The molecule has 0 aromatic carbocycles. The minimum absolute atomic E-state index is 0.379. The highest BCUT2D eigenvalue weighted by atomic mass is 19.3. The molecule has 70 valence electrons. The van der Waals surface area contributed by atoms with Crippen LogP contribution >= 0.6 is 0 Å². The van der Waals surface area contributed by atoms with Crippen LogP contribution in [0.3, 0.4) is 0 Å². The molecule has 1 heterocycles. The van der Waals surface area contributed by atoms with E-state index in [-0.39, 0.29) is 6.54 Å². The van der Waals surface area contributed by atoms with Crippen LogP contribution in [0.25, 0.3) is 0 Å². The number of hydrogen-bond acceptors (Lipinski definition) is 1. The van der Waals surface area contributed by atoms with E-state index in [0.29, 0.717) is 6.54 Å². The SMILES string of the molecule is CCCCCN1CC(F)(F)C1=O. The summed E-state index contributed by atoms with van der Waals surface area (Å²) in [5, 5.41) is 0. The van der Waals surface area contributed by atoms with Gasteiger partial charge in [-0.15, -0.1) is 0 Å². The Hall–Kier alpha value is -0.670. The first-order chi connectivity index (χ1) is 5.58. The van der Waals surface area contributed by atoms with E-state index >= 15 is 0 Å². The molecular formula is C8H13F2NO. The van der Waals surface area contributed by atoms with Crippen LogP contribution in [0.15, 0.2) is 0 Å². The van der Waals surface area contributed by atoms with E-state index in [9.17, 15) is 13.6 Å². The minimum atomic E-state index is -3.06. The number of rotatable bonds is 4. The Morgan fingerprint density at radius 3 is 2.58 bits per heavy atom. The maximum atomic E-state index is 12.3. The number of carbonyl (C=O) groups is 1. The molecule has 0 atom stereocenters. The van der Waals surface area contributed by atoms with Gasteiger partial charge in [0.25, 0.3) is 5.91 Å². The molecule has 0 aliphatic carbocycles. The molecule has 1 aliphatic rings. The summed E-state index contributed by atoms with van der Waals surface area (Å²) in [7, 11) is 0. The molecule has 0 aromatic rings. The van der Waals surface area contributed by atoms with Crippen molar-refractivity contribution >= 4 is 5.91 Å². The normalized spacial score (nSPS) is 20.9. The fourth-order valence-electron chi connectivity index (χ4n) is 1.25. The molecule has 1 amide bonds. The number of halogens is 2. The van der Waals surface area contributed by atoms with Gasteiger partial charge in [0.1, 0.15) is 0 Å². The number of β-lactam (4-membered cyclic amide) rings is 1. The Labute approximate surface area is 70.5 Å². The zero-order valence-electron chi connectivity index (χ0n) is 7.15. The summed E-state index contributed by atoms with van der Waals surface area (Å²) in [6, 6.07) is 0. The van der Waals surface area contributed by atoms with E-state index in [2.05, 4.69) is 0 Å². The van der Waals surface area contributed by atoms with Gasteiger partial charge in [-0.2, -0.15) is 8.78 Å². The first-order valence-corrected chi connectivity index (χ1v) is 4.25. The Bertz CT molecular complexity index is 182. The number of nitrogens with zero attached hydrogens (tertiary/aromatic N) is 1. The highest BCUT2D eigenvalue weighted by Gasteiger charge is 2.53. The second-order valence-electron chi connectivity index (χ2n) is 3.14. The van der Waals surface area contributed by atoms with Crippen molar-refractivity contribution in [2.24, 2.45) is 0 Å². The predicted octanol–water partition coefficient (Wildman–Crippen LogP) is 1.65. The van der Waals surface area contributed by atoms with Crippen molar-refractivity contribution in [3.8, 4) is 0 Å². The first kappa shape index (κ1) is 9.42. The minimum Gasteiger partial charge on any atom is -0.331 e. The van der Waals surface area contributed by atoms with Gasteiger partial charge in [-0.3, -0.25) is 4.79 Å². The van der Waals surface area contributed by atoms with Crippen molar-refractivity contribution in [1.82, 2.24) is 4.90 Å². The van der Waals surface area contributed by atoms with Crippen LogP contribution < -0.4 is 0 Å². The van der Waals surface area contributed by atoms with Gasteiger partial charge in [-0.25, -0.2) is 0 Å². The van der Waals surface area contributed by atoms with Crippen LogP contribution in [0.5, 0.6) is 0 Å². The molecule has 0 N–H and O–H groups in total. The van der Waals surface area contributed by atoms with Crippen LogP contribution in [0, 0.1) is 0 Å². The maximum absolute atomic E-state index is 12.3. The quantitative estimate of drug-likeness (QED) is 0.472. The van der Waals surface area contributed by atoms with Crippen molar-refractivity contribution in [1.29, 1.82) is 0 Å². The van der Waals surface area contributed by atoms with Crippen molar-refractivity contribution in [2.45, 2.75) is 32.1 Å². The molecule has 2 nitrogen and oxygen atoms in total. The molecule has 0 aromatic heterocycles. The molecule has 0 bridgehead atoms. The van der Waals surface area contributed by atoms with Crippen LogP contribution in [0.1, 0.15) is 26.2 Å². The lowest BCUT2D eigenvalue weighted by molar-refractivity contribution is -0.185. The van der Waals surface area contributed by atoms with Gasteiger partial charge in [-0.1, -0.05) is 19.8 Å². The highest BCUT2D eigenvalue weighted by molar-refractivity contribution is 5.89. The highest BCUT2D eigenvalue weighted by Crippen LogP contribution is 2.28. The Morgan fingerprint density at radius 2 is 2.17 bits per heavy atom. The third kappa shape index (κ3) is 1.73. The van der Waals surface area contributed by atoms with Crippen LogP contribution in [-0.2, 0) is 4.79 Å². The number of carbonyl (C=O) groups excluding carboxylic acids is 1. The van der Waals surface area contributed by atoms with E-state index in [1.165, 1.54) is 4.90 Å². The van der Waals surface area contributed by atoms with E-state index in [0.717, 1.165) is 19.3 Å². The summed E-state index contributed by atoms with van der Waals surface area (Å²) in [4.78, 5) is 11.9. The molecule has 0 radical (unpaired) electrons. The average molecular weight is 177 g/mol. The number of hydrogen-bond donors (Lipinski definition) is 0. The second-order valence-corrected chi connectivity index (χ2v) is 3.14. The zero-order valence-corrected chi connectivity index (χ0v) is 7.15. The molecule has 1 fully saturated rings. The summed E-state index contributed by atoms with van der Waals surface area (Å²) >= 11 is 0. The van der Waals surface area contributed by atoms with Crippen molar-refractivity contribution in [3.05, 3.63) is 0 Å². The molecule has 1 saturated heterocycles.